The van der Waals surface area contributed by atoms with Crippen LogP contribution in [-0.2, 0) is 4.74 Å². The highest BCUT2D eigenvalue weighted by molar-refractivity contribution is 7.17. The molecule has 2 rings (SSSR count). The second-order valence-electron chi connectivity index (χ2n) is 3.96. The predicted octanol–water partition coefficient (Wildman–Crippen LogP) is 3.61. The third-order valence-corrected chi connectivity index (χ3v) is 3.63. The van der Waals surface area contributed by atoms with Gasteiger partial charge in [-0.05, 0) is 22.4 Å². The minimum atomic E-state index is -2.45. The van der Waals surface area contributed by atoms with E-state index in [1.165, 1.54) is 0 Å². The first kappa shape index (κ1) is 13.4. The molecule has 1 heterocycles. The van der Waals surface area contributed by atoms with Crippen LogP contribution in [0.3, 0.4) is 0 Å². The van der Waals surface area contributed by atoms with E-state index < -0.39 is 19.1 Å². The molecule has 0 spiro atoms. The number of aliphatic hydroxyl groups excluding tert-OH is 1. The minimum absolute atomic E-state index is 0.135. The van der Waals surface area contributed by atoms with Gasteiger partial charge in [0, 0.05) is 17.7 Å². The van der Waals surface area contributed by atoms with Crippen LogP contribution in [0, 0.1) is 0 Å². The average molecular weight is 272 g/mol. The maximum atomic E-state index is 11.9. The van der Waals surface area contributed by atoms with Crippen LogP contribution in [0.5, 0.6) is 0 Å². The van der Waals surface area contributed by atoms with Gasteiger partial charge in [-0.2, -0.15) is 0 Å². The molecule has 0 aliphatic rings. The van der Waals surface area contributed by atoms with Crippen molar-refractivity contribution >= 4 is 21.4 Å². The van der Waals surface area contributed by atoms with Gasteiger partial charge >= 0.3 is 0 Å². The second-order valence-corrected chi connectivity index (χ2v) is 4.87. The van der Waals surface area contributed by atoms with Gasteiger partial charge in [0.2, 0.25) is 0 Å². The van der Waals surface area contributed by atoms with Crippen LogP contribution in [0.15, 0.2) is 29.6 Å². The van der Waals surface area contributed by atoms with E-state index in [2.05, 4.69) is 0 Å². The molecule has 0 radical (unpaired) electrons. The lowest BCUT2D eigenvalue weighted by molar-refractivity contribution is 0.00498. The number of ether oxygens (including phenoxy) is 1. The lowest BCUT2D eigenvalue weighted by Gasteiger charge is -2.10. The first-order valence-corrected chi connectivity index (χ1v) is 6.56. The molecule has 1 unspecified atom stereocenters. The number of hydrogen-bond acceptors (Lipinski definition) is 3. The molecule has 0 saturated heterocycles. The summed E-state index contributed by atoms with van der Waals surface area (Å²) >= 11 is 1.57. The van der Waals surface area contributed by atoms with E-state index in [0.717, 1.165) is 15.6 Å². The standard InChI is InChI=1S/C13H14F2O2S/c14-13(15)7-17-6-5-11(16)10-8-18-12-4-2-1-3-9(10)12/h1-4,8,11,13,16H,5-7H2. The number of thiophene rings is 1. The van der Waals surface area contributed by atoms with E-state index in [0.29, 0.717) is 6.42 Å². The van der Waals surface area contributed by atoms with Crippen LogP contribution in [0.1, 0.15) is 18.1 Å². The summed E-state index contributed by atoms with van der Waals surface area (Å²) in [6.45, 7) is -0.438. The summed E-state index contributed by atoms with van der Waals surface area (Å²) in [6.07, 6.45) is -2.80. The molecular weight excluding hydrogens is 258 g/mol. The zero-order chi connectivity index (χ0) is 13.0. The molecule has 2 aromatic rings. The van der Waals surface area contributed by atoms with Crippen molar-refractivity contribution in [3.8, 4) is 0 Å². The number of aliphatic hydroxyl groups is 1. The number of hydrogen-bond donors (Lipinski definition) is 1. The fourth-order valence-corrected chi connectivity index (χ4v) is 2.79. The molecule has 18 heavy (non-hydrogen) atoms. The molecule has 2 nitrogen and oxygen atoms in total. The van der Waals surface area contributed by atoms with Gasteiger partial charge in [-0.3, -0.25) is 0 Å². The molecule has 0 saturated carbocycles. The summed E-state index contributed by atoms with van der Waals surface area (Å²) in [5, 5.41) is 12.9. The Morgan fingerprint density at radius 3 is 2.83 bits per heavy atom. The van der Waals surface area contributed by atoms with Crippen LogP contribution in [0.2, 0.25) is 0 Å². The van der Waals surface area contributed by atoms with Gasteiger partial charge in [-0.15, -0.1) is 11.3 Å². The largest absolute Gasteiger partial charge is 0.388 e. The van der Waals surface area contributed by atoms with Crippen LogP contribution in [0.4, 0.5) is 8.78 Å². The molecule has 1 aromatic heterocycles. The normalized spacial score (nSPS) is 13.3. The van der Waals surface area contributed by atoms with Crippen molar-refractivity contribution in [1.82, 2.24) is 0 Å². The molecule has 0 bridgehead atoms. The zero-order valence-corrected chi connectivity index (χ0v) is 10.5. The van der Waals surface area contributed by atoms with E-state index in [9.17, 15) is 13.9 Å². The fourth-order valence-electron chi connectivity index (χ4n) is 1.78. The number of halogens is 2. The van der Waals surface area contributed by atoms with Gasteiger partial charge in [0.15, 0.2) is 0 Å². The van der Waals surface area contributed by atoms with Crippen molar-refractivity contribution in [2.24, 2.45) is 0 Å². The van der Waals surface area contributed by atoms with Crippen LogP contribution < -0.4 is 0 Å². The Balaban J connectivity index is 1.94. The van der Waals surface area contributed by atoms with Crippen molar-refractivity contribution in [3.63, 3.8) is 0 Å². The van der Waals surface area contributed by atoms with Gasteiger partial charge in [0.05, 0.1) is 6.10 Å². The molecular formula is C13H14F2O2S. The summed E-state index contributed by atoms with van der Waals surface area (Å²) in [7, 11) is 0. The second kappa shape index (κ2) is 6.22. The average Bonchev–Trinajstić information content (AvgIpc) is 2.78. The first-order valence-electron chi connectivity index (χ1n) is 5.68. The Labute approximate surface area is 108 Å². The highest BCUT2D eigenvalue weighted by Crippen LogP contribution is 2.31. The number of alkyl halides is 2. The summed E-state index contributed by atoms with van der Waals surface area (Å²) < 4.78 is 29.6. The SMILES string of the molecule is OC(CCOCC(F)F)c1csc2ccccc12. The number of benzene rings is 1. The highest BCUT2D eigenvalue weighted by Gasteiger charge is 2.13. The third kappa shape index (κ3) is 3.25. The van der Waals surface area contributed by atoms with Crippen molar-refractivity contribution in [2.45, 2.75) is 19.0 Å². The Morgan fingerprint density at radius 2 is 2.06 bits per heavy atom. The van der Waals surface area contributed by atoms with Gasteiger partial charge in [0.25, 0.3) is 6.43 Å². The molecule has 1 aromatic carbocycles. The van der Waals surface area contributed by atoms with Crippen LogP contribution in [0.25, 0.3) is 10.1 Å². The minimum Gasteiger partial charge on any atom is -0.388 e. The van der Waals surface area contributed by atoms with Gasteiger partial charge < -0.3 is 9.84 Å². The Bertz CT molecular complexity index is 498. The highest BCUT2D eigenvalue weighted by atomic mass is 32.1. The zero-order valence-electron chi connectivity index (χ0n) is 9.68. The summed E-state index contributed by atoms with van der Waals surface area (Å²) in [5.74, 6) is 0. The van der Waals surface area contributed by atoms with E-state index in [4.69, 9.17) is 4.74 Å². The smallest absolute Gasteiger partial charge is 0.261 e. The number of rotatable bonds is 6. The van der Waals surface area contributed by atoms with Crippen LogP contribution >= 0.6 is 11.3 Å². The van der Waals surface area contributed by atoms with E-state index in [-0.39, 0.29) is 6.61 Å². The molecule has 0 amide bonds. The summed E-state index contributed by atoms with van der Waals surface area (Å²) in [4.78, 5) is 0. The maximum absolute atomic E-state index is 11.9. The number of fused-ring (bicyclic) bond motifs is 1. The van der Waals surface area contributed by atoms with Gasteiger partial charge in [0.1, 0.15) is 6.61 Å². The van der Waals surface area contributed by atoms with Gasteiger partial charge in [-0.1, -0.05) is 18.2 Å². The van der Waals surface area contributed by atoms with E-state index in [1.54, 1.807) is 11.3 Å². The molecule has 0 aliphatic carbocycles. The molecule has 1 atom stereocenters. The first-order chi connectivity index (χ1) is 8.68. The van der Waals surface area contributed by atoms with Crippen molar-refractivity contribution in [1.29, 1.82) is 0 Å². The fraction of sp³-hybridized carbons (Fsp3) is 0.385. The Kier molecular flexibility index (Phi) is 4.63. The van der Waals surface area contributed by atoms with Crippen molar-refractivity contribution in [2.75, 3.05) is 13.2 Å². The molecule has 0 fully saturated rings. The van der Waals surface area contributed by atoms with Gasteiger partial charge in [-0.25, -0.2) is 8.78 Å². The van der Waals surface area contributed by atoms with Crippen molar-refractivity contribution in [3.05, 3.63) is 35.2 Å². The quantitative estimate of drug-likeness (QED) is 0.814. The molecule has 1 N–H and O–H groups in total. The Morgan fingerprint density at radius 1 is 1.28 bits per heavy atom. The Hall–Kier alpha value is -1.04. The van der Waals surface area contributed by atoms with Crippen LogP contribution in [-0.4, -0.2) is 24.7 Å². The molecule has 98 valence electrons. The third-order valence-electron chi connectivity index (χ3n) is 2.65. The maximum Gasteiger partial charge on any atom is 0.261 e. The lowest BCUT2D eigenvalue weighted by Crippen LogP contribution is -2.08. The van der Waals surface area contributed by atoms with E-state index in [1.807, 2.05) is 29.6 Å². The molecule has 5 heteroatoms. The topological polar surface area (TPSA) is 29.5 Å². The van der Waals surface area contributed by atoms with Crippen molar-refractivity contribution < 1.29 is 18.6 Å². The van der Waals surface area contributed by atoms with E-state index >= 15 is 0 Å². The molecule has 0 aliphatic heterocycles. The summed E-state index contributed by atoms with van der Waals surface area (Å²) in [6, 6.07) is 7.80. The monoisotopic (exact) mass is 272 g/mol. The summed E-state index contributed by atoms with van der Waals surface area (Å²) in [5.41, 5.74) is 0.844. The predicted molar refractivity (Wildman–Crippen MR) is 68.2 cm³/mol. The lowest BCUT2D eigenvalue weighted by atomic mass is 10.1.